The van der Waals surface area contributed by atoms with Gasteiger partial charge in [0, 0.05) is 12.0 Å². The van der Waals surface area contributed by atoms with E-state index in [2.05, 4.69) is 38.2 Å². The molecule has 1 aromatic carbocycles. The van der Waals surface area contributed by atoms with E-state index < -0.39 is 17.1 Å². The van der Waals surface area contributed by atoms with Crippen LogP contribution >= 0.6 is 0 Å². The molecule has 0 saturated heterocycles. The van der Waals surface area contributed by atoms with Crippen LogP contribution in [-0.4, -0.2) is 30.0 Å². The summed E-state index contributed by atoms with van der Waals surface area (Å²) in [7, 11) is 0. The highest BCUT2D eigenvalue weighted by Gasteiger charge is 2.33. The lowest BCUT2D eigenvalue weighted by Gasteiger charge is -2.34. The number of benzene rings is 1. The zero-order valence-corrected chi connectivity index (χ0v) is 16.7. The quantitative estimate of drug-likeness (QED) is 0.722. The lowest BCUT2D eigenvalue weighted by atomic mass is 9.74. The van der Waals surface area contributed by atoms with E-state index in [9.17, 15) is 9.90 Å². The Morgan fingerprint density at radius 1 is 1.24 bits per heavy atom. The Morgan fingerprint density at radius 2 is 1.88 bits per heavy atom. The molecule has 2 N–H and O–H groups in total. The molecule has 1 aromatic rings. The van der Waals surface area contributed by atoms with E-state index in [0.717, 1.165) is 30.4 Å². The molecule has 1 unspecified atom stereocenters. The highest BCUT2D eigenvalue weighted by atomic mass is 16.6. The van der Waals surface area contributed by atoms with E-state index in [4.69, 9.17) is 4.74 Å². The number of carbonyl (C=O) groups excluding carboxylic acids is 1. The van der Waals surface area contributed by atoms with Crippen LogP contribution in [0, 0.1) is 12.8 Å². The fourth-order valence-corrected chi connectivity index (χ4v) is 3.11. The molecular formula is C21H35NO3. The molecule has 0 aliphatic carbocycles. The van der Waals surface area contributed by atoms with Gasteiger partial charge in [-0.15, -0.1) is 0 Å². The summed E-state index contributed by atoms with van der Waals surface area (Å²) in [5.41, 5.74) is 1.20. The molecular weight excluding hydrogens is 314 g/mol. The summed E-state index contributed by atoms with van der Waals surface area (Å²) in [6.07, 6.45) is 2.48. The summed E-state index contributed by atoms with van der Waals surface area (Å²) in [5.74, 6) is 0.618. The summed E-state index contributed by atoms with van der Waals surface area (Å²) in [6, 6.07) is 8.09. The molecule has 0 saturated carbocycles. The summed E-state index contributed by atoms with van der Waals surface area (Å²) in [6.45, 7) is 12.3. The number of aryl methyl sites for hydroxylation is 1. The molecule has 0 fully saturated rings. The van der Waals surface area contributed by atoms with Crippen LogP contribution in [0.15, 0.2) is 24.3 Å². The topological polar surface area (TPSA) is 58.6 Å². The molecule has 0 bridgehead atoms. The Bertz CT molecular complexity index is 548. The van der Waals surface area contributed by atoms with E-state index in [1.54, 1.807) is 0 Å². The maximum absolute atomic E-state index is 12.1. The average molecular weight is 350 g/mol. The van der Waals surface area contributed by atoms with Gasteiger partial charge in [0.15, 0.2) is 0 Å². The minimum absolute atomic E-state index is 0.00819. The summed E-state index contributed by atoms with van der Waals surface area (Å²) in [4.78, 5) is 12.1. The van der Waals surface area contributed by atoms with Gasteiger partial charge in [0.1, 0.15) is 5.60 Å². The Balaban J connectivity index is 2.97. The molecule has 1 amide bonds. The van der Waals surface area contributed by atoms with Crippen LogP contribution in [0.5, 0.6) is 0 Å². The molecule has 4 nitrogen and oxygen atoms in total. The first-order valence-corrected chi connectivity index (χ1v) is 9.23. The van der Waals surface area contributed by atoms with Crippen molar-refractivity contribution >= 4 is 6.09 Å². The van der Waals surface area contributed by atoms with Gasteiger partial charge in [-0.25, -0.2) is 4.79 Å². The number of carbonyl (C=O) groups is 1. The van der Waals surface area contributed by atoms with Crippen LogP contribution in [-0.2, 0) is 10.2 Å². The van der Waals surface area contributed by atoms with Gasteiger partial charge >= 0.3 is 6.09 Å². The summed E-state index contributed by atoms with van der Waals surface area (Å²) >= 11 is 0. The Kier molecular flexibility index (Phi) is 7.94. The van der Waals surface area contributed by atoms with Crippen LogP contribution < -0.4 is 5.32 Å². The monoisotopic (exact) mass is 349 g/mol. The smallest absolute Gasteiger partial charge is 0.407 e. The maximum Gasteiger partial charge on any atom is 0.407 e. The first-order valence-electron chi connectivity index (χ1n) is 9.23. The van der Waals surface area contributed by atoms with Gasteiger partial charge in [-0.1, -0.05) is 51.0 Å². The first-order chi connectivity index (χ1) is 11.6. The molecule has 1 rings (SSSR count). The largest absolute Gasteiger partial charge is 0.444 e. The lowest BCUT2D eigenvalue weighted by Crippen LogP contribution is -2.45. The number of hydrogen-bond acceptors (Lipinski definition) is 3. The molecule has 0 aromatic heterocycles. The number of hydrogen-bond donors (Lipinski definition) is 2. The molecule has 1 atom stereocenters. The maximum atomic E-state index is 12.1. The molecule has 0 spiro atoms. The molecule has 0 aliphatic heterocycles. The number of ether oxygens (including phenoxy) is 1. The zero-order chi connectivity index (χ0) is 19.1. The van der Waals surface area contributed by atoms with E-state index >= 15 is 0 Å². The third kappa shape index (κ3) is 7.07. The van der Waals surface area contributed by atoms with Crippen LogP contribution in [0.1, 0.15) is 65.0 Å². The predicted octanol–water partition coefficient (Wildman–Crippen LogP) is 4.58. The van der Waals surface area contributed by atoms with Crippen LogP contribution in [0.25, 0.3) is 0 Å². The van der Waals surface area contributed by atoms with E-state index in [1.807, 2.05) is 32.9 Å². The second kappa shape index (κ2) is 9.23. The van der Waals surface area contributed by atoms with Crippen molar-refractivity contribution < 1.29 is 14.6 Å². The van der Waals surface area contributed by atoms with Gasteiger partial charge in [-0.2, -0.15) is 0 Å². The number of amides is 1. The molecule has 0 radical (unpaired) electrons. The Morgan fingerprint density at radius 3 is 2.40 bits per heavy atom. The highest BCUT2D eigenvalue weighted by molar-refractivity contribution is 5.68. The van der Waals surface area contributed by atoms with Crippen molar-refractivity contribution in [2.45, 2.75) is 71.8 Å². The van der Waals surface area contributed by atoms with Gasteiger partial charge < -0.3 is 15.2 Å². The fourth-order valence-electron chi connectivity index (χ4n) is 3.11. The van der Waals surface area contributed by atoms with Gasteiger partial charge in [0.25, 0.3) is 0 Å². The fraction of sp³-hybridized carbons (Fsp3) is 0.667. The molecule has 0 aliphatic rings. The Labute approximate surface area is 153 Å². The standard InChI is InChI=1S/C21H35NO3/c1-16(2)10-9-13-21(15-23,18-12-8-7-11-17(18)3)14-22-19(24)25-20(4,5)6/h7-8,11-12,16,23H,9-10,13-15H2,1-6H3,(H,22,24). The highest BCUT2D eigenvalue weighted by Crippen LogP contribution is 2.32. The number of alkyl carbamates (subject to hydrolysis) is 1. The zero-order valence-electron chi connectivity index (χ0n) is 16.7. The first kappa shape index (κ1) is 21.5. The van der Waals surface area contributed by atoms with Crippen molar-refractivity contribution in [2.75, 3.05) is 13.2 Å². The van der Waals surface area contributed by atoms with Gasteiger partial charge in [-0.05, 0) is 51.2 Å². The Hall–Kier alpha value is -1.55. The molecule has 4 heteroatoms. The van der Waals surface area contributed by atoms with Crippen LogP contribution in [0.4, 0.5) is 4.79 Å². The molecule has 25 heavy (non-hydrogen) atoms. The predicted molar refractivity (Wildman–Crippen MR) is 103 cm³/mol. The molecule has 0 heterocycles. The second-order valence-electron chi connectivity index (χ2n) is 8.39. The number of nitrogens with one attached hydrogen (secondary N) is 1. The van der Waals surface area contributed by atoms with Crippen molar-refractivity contribution in [2.24, 2.45) is 5.92 Å². The lowest BCUT2D eigenvalue weighted by molar-refractivity contribution is 0.0499. The van der Waals surface area contributed by atoms with Crippen LogP contribution in [0.2, 0.25) is 0 Å². The van der Waals surface area contributed by atoms with E-state index in [-0.39, 0.29) is 6.61 Å². The van der Waals surface area contributed by atoms with Crippen molar-refractivity contribution in [1.29, 1.82) is 0 Å². The summed E-state index contributed by atoms with van der Waals surface area (Å²) in [5, 5.41) is 13.1. The van der Waals surface area contributed by atoms with Gasteiger partial charge in [0.2, 0.25) is 0 Å². The van der Waals surface area contributed by atoms with Crippen LogP contribution in [0.3, 0.4) is 0 Å². The third-order valence-electron chi connectivity index (χ3n) is 4.43. The van der Waals surface area contributed by atoms with Crippen molar-refractivity contribution in [3.05, 3.63) is 35.4 Å². The van der Waals surface area contributed by atoms with E-state index in [1.165, 1.54) is 0 Å². The van der Waals surface area contributed by atoms with Crippen molar-refractivity contribution in [3.8, 4) is 0 Å². The SMILES string of the molecule is Cc1ccccc1C(CO)(CCCC(C)C)CNC(=O)OC(C)(C)C. The summed E-state index contributed by atoms with van der Waals surface area (Å²) < 4.78 is 5.35. The van der Waals surface area contributed by atoms with Crippen molar-refractivity contribution in [3.63, 3.8) is 0 Å². The van der Waals surface area contributed by atoms with Gasteiger partial charge in [-0.3, -0.25) is 0 Å². The van der Waals surface area contributed by atoms with Gasteiger partial charge in [0.05, 0.1) is 6.61 Å². The van der Waals surface area contributed by atoms with Crippen molar-refractivity contribution in [1.82, 2.24) is 5.32 Å². The minimum Gasteiger partial charge on any atom is -0.444 e. The number of rotatable bonds is 8. The third-order valence-corrected chi connectivity index (χ3v) is 4.43. The van der Waals surface area contributed by atoms with E-state index in [0.29, 0.717) is 12.5 Å². The normalized spacial score (nSPS) is 14.2. The number of aliphatic hydroxyl groups excluding tert-OH is 1. The minimum atomic E-state index is -0.535. The number of aliphatic hydroxyl groups is 1. The molecule has 142 valence electrons. The second-order valence-corrected chi connectivity index (χ2v) is 8.39. The average Bonchev–Trinajstić information content (AvgIpc) is 2.49.